The number of hydrogen-bond acceptors (Lipinski definition) is 6. The maximum absolute atomic E-state index is 11.2. The summed E-state index contributed by atoms with van der Waals surface area (Å²) in [4.78, 5) is 21.4. The van der Waals surface area contributed by atoms with Gasteiger partial charge in [0.2, 0.25) is 0 Å². The quantitative estimate of drug-likeness (QED) is 0.339. The van der Waals surface area contributed by atoms with Crippen LogP contribution in [0.3, 0.4) is 0 Å². The van der Waals surface area contributed by atoms with Crippen molar-refractivity contribution >= 4 is 50.3 Å². The first kappa shape index (κ1) is 17.4. The molecule has 0 aliphatic carbocycles. The number of nitro groups is 1. The lowest BCUT2D eigenvalue weighted by Crippen LogP contribution is -1.97. The molecule has 0 aliphatic heterocycles. The second-order valence-electron chi connectivity index (χ2n) is 5.85. The van der Waals surface area contributed by atoms with Gasteiger partial charge in [0.15, 0.2) is 0 Å². The number of rotatable bonds is 4. The molecule has 2 aromatic carbocycles. The summed E-state index contributed by atoms with van der Waals surface area (Å²) in [5, 5.41) is 15.3. The van der Waals surface area contributed by atoms with Crippen molar-refractivity contribution in [3.05, 3.63) is 74.9 Å². The van der Waals surface area contributed by atoms with Crippen LogP contribution in [-0.4, -0.2) is 14.9 Å². The summed E-state index contributed by atoms with van der Waals surface area (Å²) in [5.41, 5.74) is 2.51. The topological polar surface area (TPSA) is 81.0 Å². The number of nitro benzene ring substituents is 1. The SMILES string of the molecule is Cc1sc2ncnc(Nc3ccc(Cl)c([N+](=O)[O-])c3)c2c1-c1ccccc1. The molecular formula is C19H13ClN4O2S. The summed E-state index contributed by atoms with van der Waals surface area (Å²) in [6.45, 7) is 2.05. The van der Waals surface area contributed by atoms with Gasteiger partial charge >= 0.3 is 0 Å². The third kappa shape index (κ3) is 3.22. The van der Waals surface area contributed by atoms with Crippen LogP contribution in [0.1, 0.15) is 4.88 Å². The highest BCUT2D eigenvalue weighted by Crippen LogP contribution is 2.41. The van der Waals surface area contributed by atoms with Crippen LogP contribution in [0, 0.1) is 17.0 Å². The fraction of sp³-hybridized carbons (Fsp3) is 0.0526. The Labute approximate surface area is 163 Å². The molecule has 8 heteroatoms. The molecule has 1 N–H and O–H groups in total. The Morgan fingerprint density at radius 2 is 1.93 bits per heavy atom. The Morgan fingerprint density at radius 3 is 2.67 bits per heavy atom. The van der Waals surface area contributed by atoms with Gasteiger partial charge in [-0.05, 0) is 24.6 Å². The van der Waals surface area contributed by atoms with Crippen LogP contribution >= 0.6 is 22.9 Å². The maximum atomic E-state index is 11.2. The Kier molecular flexibility index (Phi) is 4.47. The van der Waals surface area contributed by atoms with E-state index < -0.39 is 4.92 Å². The van der Waals surface area contributed by atoms with E-state index in [2.05, 4.69) is 15.3 Å². The molecule has 0 atom stereocenters. The van der Waals surface area contributed by atoms with E-state index in [1.165, 1.54) is 18.5 Å². The number of fused-ring (bicyclic) bond motifs is 1. The van der Waals surface area contributed by atoms with Crippen molar-refractivity contribution in [3.8, 4) is 11.1 Å². The number of aromatic nitrogens is 2. The first-order chi connectivity index (χ1) is 13.0. The summed E-state index contributed by atoms with van der Waals surface area (Å²) in [5.74, 6) is 0.597. The molecule has 2 aromatic heterocycles. The Bertz CT molecular complexity index is 1160. The first-order valence-electron chi connectivity index (χ1n) is 8.05. The summed E-state index contributed by atoms with van der Waals surface area (Å²) in [6, 6.07) is 14.6. The highest BCUT2D eigenvalue weighted by Gasteiger charge is 2.18. The van der Waals surface area contributed by atoms with Crippen molar-refractivity contribution in [3.63, 3.8) is 0 Å². The zero-order valence-corrected chi connectivity index (χ0v) is 15.7. The minimum absolute atomic E-state index is 0.0923. The van der Waals surface area contributed by atoms with Crippen LogP contribution in [0.2, 0.25) is 5.02 Å². The van der Waals surface area contributed by atoms with Gasteiger partial charge in [0.05, 0.1) is 10.3 Å². The minimum atomic E-state index is -0.507. The highest BCUT2D eigenvalue weighted by atomic mass is 35.5. The van der Waals surface area contributed by atoms with Gasteiger partial charge in [-0.2, -0.15) is 0 Å². The highest BCUT2D eigenvalue weighted by molar-refractivity contribution is 7.19. The monoisotopic (exact) mass is 396 g/mol. The van der Waals surface area contributed by atoms with Crippen molar-refractivity contribution in [2.75, 3.05) is 5.32 Å². The predicted molar refractivity (Wildman–Crippen MR) is 109 cm³/mol. The van der Waals surface area contributed by atoms with Crippen LogP contribution < -0.4 is 5.32 Å². The fourth-order valence-electron chi connectivity index (χ4n) is 2.96. The number of benzene rings is 2. The van der Waals surface area contributed by atoms with E-state index >= 15 is 0 Å². The summed E-state index contributed by atoms with van der Waals surface area (Å²) < 4.78 is 0. The van der Waals surface area contributed by atoms with Crippen LogP contribution in [0.25, 0.3) is 21.3 Å². The average molecular weight is 397 g/mol. The smallest absolute Gasteiger partial charge is 0.289 e. The molecule has 0 unspecified atom stereocenters. The molecule has 6 nitrogen and oxygen atoms in total. The van der Waals surface area contributed by atoms with E-state index in [-0.39, 0.29) is 10.7 Å². The average Bonchev–Trinajstić information content (AvgIpc) is 3.00. The van der Waals surface area contributed by atoms with Crippen molar-refractivity contribution in [2.24, 2.45) is 0 Å². The first-order valence-corrected chi connectivity index (χ1v) is 9.24. The summed E-state index contributed by atoms with van der Waals surface area (Å²) in [7, 11) is 0. The summed E-state index contributed by atoms with van der Waals surface area (Å²) in [6.07, 6.45) is 1.49. The Hall–Kier alpha value is -3.03. The number of hydrogen-bond donors (Lipinski definition) is 1. The van der Waals surface area contributed by atoms with Crippen LogP contribution in [0.15, 0.2) is 54.9 Å². The molecule has 4 aromatic rings. The summed E-state index contributed by atoms with van der Waals surface area (Å²) >= 11 is 7.49. The van der Waals surface area contributed by atoms with Crippen molar-refractivity contribution in [1.29, 1.82) is 0 Å². The Balaban J connectivity index is 1.86. The van der Waals surface area contributed by atoms with Crippen molar-refractivity contribution in [2.45, 2.75) is 6.92 Å². The van der Waals surface area contributed by atoms with Gasteiger partial charge in [0, 0.05) is 22.2 Å². The van der Waals surface area contributed by atoms with E-state index in [1.807, 2.05) is 37.3 Å². The molecular weight excluding hydrogens is 384 g/mol. The molecule has 0 fully saturated rings. The molecule has 0 aliphatic rings. The van der Waals surface area contributed by atoms with E-state index in [1.54, 1.807) is 17.4 Å². The number of aryl methyl sites for hydroxylation is 1. The van der Waals surface area contributed by atoms with Crippen molar-refractivity contribution < 1.29 is 4.92 Å². The van der Waals surface area contributed by atoms with E-state index in [0.717, 1.165) is 26.2 Å². The molecule has 0 saturated carbocycles. The van der Waals surface area contributed by atoms with Gasteiger partial charge in [-0.25, -0.2) is 9.97 Å². The second-order valence-corrected chi connectivity index (χ2v) is 7.46. The number of nitrogens with zero attached hydrogens (tertiary/aromatic N) is 3. The van der Waals surface area contributed by atoms with Gasteiger partial charge in [-0.15, -0.1) is 11.3 Å². The molecule has 27 heavy (non-hydrogen) atoms. The zero-order chi connectivity index (χ0) is 19.0. The van der Waals surface area contributed by atoms with E-state index in [9.17, 15) is 10.1 Å². The lowest BCUT2D eigenvalue weighted by Gasteiger charge is -2.09. The molecule has 2 heterocycles. The third-order valence-corrected chi connectivity index (χ3v) is 5.47. The fourth-order valence-corrected chi connectivity index (χ4v) is 4.16. The molecule has 134 valence electrons. The van der Waals surface area contributed by atoms with E-state index in [4.69, 9.17) is 11.6 Å². The number of anilines is 2. The van der Waals surface area contributed by atoms with Crippen LogP contribution in [-0.2, 0) is 0 Å². The third-order valence-electron chi connectivity index (χ3n) is 4.13. The van der Waals surface area contributed by atoms with Crippen LogP contribution in [0.4, 0.5) is 17.2 Å². The predicted octanol–water partition coefficient (Wildman–Crippen LogP) is 5.97. The van der Waals surface area contributed by atoms with Crippen LogP contribution in [0.5, 0.6) is 0 Å². The lowest BCUT2D eigenvalue weighted by molar-refractivity contribution is -0.384. The minimum Gasteiger partial charge on any atom is -0.339 e. The molecule has 0 radical (unpaired) electrons. The molecule has 4 rings (SSSR count). The van der Waals surface area contributed by atoms with E-state index in [0.29, 0.717) is 11.5 Å². The number of nitrogens with one attached hydrogen (secondary N) is 1. The van der Waals surface area contributed by atoms with Gasteiger partial charge in [0.25, 0.3) is 5.69 Å². The molecule has 0 bridgehead atoms. The normalized spacial score (nSPS) is 10.9. The molecule has 0 spiro atoms. The molecule has 0 amide bonds. The van der Waals surface area contributed by atoms with Gasteiger partial charge < -0.3 is 5.32 Å². The van der Waals surface area contributed by atoms with Gasteiger partial charge in [-0.3, -0.25) is 10.1 Å². The van der Waals surface area contributed by atoms with Gasteiger partial charge in [0.1, 0.15) is 22.0 Å². The lowest BCUT2D eigenvalue weighted by atomic mass is 10.0. The standard InChI is InChI=1S/C19H13ClN4O2S/c1-11-16(12-5-3-2-4-6-12)17-18(21-10-22-19(17)27-11)23-13-7-8-14(20)15(9-13)24(25)26/h2-10H,1H3,(H,21,22,23). The maximum Gasteiger partial charge on any atom is 0.289 e. The largest absolute Gasteiger partial charge is 0.339 e. The van der Waals surface area contributed by atoms with Crippen molar-refractivity contribution in [1.82, 2.24) is 9.97 Å². The zero-order valence-electron chi connectivity index (χ0n) is 14.1. The van der Waals surface area contributed by atoms with Gasteiger partial charge in [-0.1, -0.05) is 41.9 Å². The molecule has 0 saturated heterocycles. The number of halogens is 1. The number of thiophene rings is 1. The second kappa shape index (κ2) is 6.94. The Morgan fingerprint density at radius 1 is 1.15 bits per heavy atom.